The van der Waals surface area contributed by atoms with Gasteiger partial charge in [-0.05, 0) is 84.6 Å². The number of hydrogen-bond donors (Lipinski definition) is 0. The molecule has 2 heteroatoms. The molecule has 214 valence electrons. The first-order chi connectivity index (χ1) is 22.8. The van der Waals surface area contributed by atoms with E-state index in [4.69, 9.17) is 4.98 Å². The van der Waals surface area contributed by atoms with Gasteiger partial charge >= 0.3 is 0 Å². The van der Waals surface area contributed by atoms with E-state index in [9.17, 15) is 0 Å². The Balaban J connectivity index is 1.36. The normalized spacial score (nSPS) is 11.5. The second-order valence-electron chi connectivity index (χ2n) is 11.8. The van der Waals surface area contributed by atoms with Crippen molar-refractivity contribution in [3.8, 4) is 44.6 Å². The van der Waals surface area contributed by atoms with Gasteiger partial charge in [0.05, 0.1) is 11.2 Å². The van der Waals surface area contributed by atoms with Crippen LogP contribution >= 0.6 is 0 Å². The molecule has 0 aliphatic rings. The monoisotopic (exact) mass is 584 g/mol. The number of nitrogens with zero attached hydrogens (tertiary/aromatic N) is 2. The molecule has 2 heterocycles. The zero-order valence-electron chi connectivity index (χ0n) is 25.1. The fourth-order valence-corrected chi connectivity index (χ4v) is 6.95. The van der Waals surface area contributed by atoms with Gasteiger partial charge in [-0.25, -0.2) is 4.98 Å². The Bertz CT molecular complexity index is 2560. The van der Waals surface area contributed by atoms with Gasteiger partial charge in [-0.15, -0.1) is 0 Å². The summed E-state index contributed by atoms with van der Waals surface area (Å²) < 4.78 is 0. The number of hydrogen-bond acceptors (Lipinski definition) is 2. The van der Waals surface area contributed by atoms with Crippen molar-refractivity contribution in [1.82, 2.24) is 9.97 Å². The fraction of sp³-hybridized carbons (Fsp3) is 0. The molecular formula is C44H28N2. The summed E-state index contributed by atoms with van der Waals surface area (Å²) in [5, 5.41) is 8.37. The minimum Gasteiger partial charge on any atom is -0.265 e. The summed E-state index contributed by atoms with van der Waals surface area (Å²) in [6.07, 6.45) is 3.68. The second-order valence-corrected chi connectivity index (χ2v) is 11.8. The Kier molecular flexibility index (Phi) is 6.17. The van der Waals surface area contributed by atoms with Gasteiger partial charge in [0.15, 0.2) is 0 Å². The number of rotatable bonds is 4. The van der Waals surface area contributed by atoms with Crippen LogP contribution in [0.2, 0.25) is 0 Å². The molecule has 2 aromatic heterocycles. The molecule has 0 saturated heterocycles. The predicted molar refractivity (Wildman–Crippen MR) is 194 cm³/mol. The standard InChI is InChI=1S/C44H28N2/c1-3-13-34-31(9-1)11-7-17-36(34)41-28-43(38-18-8-12-32-10-2-4-14-35(32)38)46-44-39-16-6-5-15-37(39)40(27-42(41)44)33-21-19-29(20-22-33)30-23-25-45-26-24-30/h1-28H. The van der Waals surface area contributed by atoms with Gasteiger partial charge in [0.1, 0.15) is 0 Å². The quantitative estimate of drug-likeness (QED) is 0.192. The minimum atomic E-state index is 0.979. The first kappa shape index (κ1) is 26.3. The predicted octanol–water partition coefficient (Wildman–Crippen LogP) is 11.8. The van der Waals surface area contributed by atoms with Crippen LogP contribution in [0.15, 0.2) is 170 Å². The van der Waals surface area contributed by atoms with Crippen molar-refractivity contribution in [3.63, 3.8) is 0 Å². The molecular weight excluding hydrogens is 556 g/mol. The molecule has 0 saturated carbocycles. The van der Waals surface area contributed by atoms with Crippen molar-refractivity contribution in [1.29, 1.82) is 0 Å². The summed E-state index contributed by atoms with van der Waals surface area (Å²) in [5.74, 6) is 0. The van der Waals surface area contributed by atoms with Crippen LogP contribution in [-0.4, -0.2) is 9.97 Å². The van der Waals surface area contributed by atoms with Gasteiger partial charge in [0, 0.05) is 28.7 Å². The zero-order valence-corrected chi connectivity index (χ0v) is 25.1. The van der Waals surface area contributed by atoms with E-state index in [0.29, 0.717) is 0 Å². The first-order valence-corrected chi connectivity index (χ1v) is 15.7. The maximum Gasteiger partial charge on any atom is 0.0794 e. The molecule has 9 aromatic rings. The zero-order chi connectivity index (χ0) is 30.5. The SMILES string of the molecule is c1ccc2c(-c3cc(-c4cccc5ccccc45)c4cc(-c5ccc(-c6ccncc6)cc5)c5ccccc5c4n3)cccc2c1. The molecule has 0 unspecified atom stereocenters. The topological polar surface area (TPSA) is 25.8 Å². The number of aromatic nitrogens is 2. The van der Waals surface area contributed by atoms with Crippen LogP contribution in [0, 0.1) is 0 Å². The van der Waals surface area contributed by atoms with Crippen molar-refractivity contribution in [3.05, 3.63) is 170 Å². The molecule has 7 aromatic carbocycles. The molecule has 9 rings (SSSR count). The highest BCUT2D eigenvalue weighted by atomic mass is 14.7. The molecule has 0 fully saturated rings. The van der Waals surface area contributed by atoms with Gasteiger partial charge < -0.3 is 0 Å². The van der Waals surface area contributed by atoms with Gasteiger partial charge in [-0.1, -0.05) is 133 Å². The van der Waals surface area contributed by atoms with Crippen LogP contribution in [-0.2, 0) is 0 Å². The number of pyridine rings is 2. The molecule has 0 bridgehead atoms. The van der Waals surface area contributed by atoms with Crippen molar-refractivity contribution >= 4 is 43.2 Å². The summed E-state index contributed by atoms with van der Waals surface area (Å²) in [7, 11) is 0. The lowest BCUT2D eigenvalue weighted by molar-refractivity contribution is 1.33. The third-order valence-corrected chi connectivity index (χ3v) is 9.17. The molecule has 0 N–H and O–H groups in total. The summed E-state index contributed by atoms with van der Waals surface area (Å²) in [4.78, 5) is 9.66. The number of benzene rings is 7. The lowest BCUT2D eigenvalue weighted by Gasteiger charge is -2.17. The van der Waals surface area contributed by atoms with Crippen LogP contribution in [0.5, 0.6) is 0 Å². The van der Waals surface area contributed by atoms with Crippen molar-refractivity contribution in [2.45, 2.75) is 0 Å². The van der Waals surface area contributed by atoms with Crippen molar-refractivity contribution in [2.75, 3.05) is 0 Å². The van der Waals surface area contributed by atoms with Crippen LogP contribution in [0.1, 0.15) is 0 Å². The summed E-state index contributed by atoms with van der Waals surface area (Å²) in [5.41, 5.74) is 10.2. The van der Waals surface area contributed by atoms with E-state index in [1.165, 1.54) is 54.7 Å². The lowest BCUT2D eigenvalue weighted by Crippen LogP contribution is -1.94. The van der Waals surface area contributed by atoms with Gasteiger partial charge in [0.2, 0.25) is 0 Å². The van der Waals surface area contributed by atoms with Gasteiger partial charge in [-0.2, -0.15) is 0 Å². The van der Waals surface area contributed by atoms with Crippen molar-refractivity contribution in [2.24, 2.45) is 0 Å². The average molecular weight is 585 g/mol. The minimum absolute atomic E-state index is 0.979. The van der Waals surface area contributed by atoms with Crippen LogP contribution in [0.3, 0.4) is 0 Å². The Morgan fingerprint density at radius 2 is 0.870 bits per heavy atom. The molecule has 0 aliphatic heterocycles. The molecule has 0 atom stereocenters. The summed E-state index contributed by atoms with van der Waals surface area (Å²) >= 11 is 0. The van der Waals surface area contributed by atoms with Crippen LogP contribution in [0.4, 0.5) is 0 Å². The van der Waals surface area contributed by atoms with Crippen molar-refractivity contribution < 1.29 is 0 Å². The average Bonchev–Trinajstić information content (AvgIpc) is 3.14. The molecule has 0 amide bonds. The smallest absolute Gasteiger partial charge is 0.0794 e. The third-order valence-electron chi connectivity index (χ3n) is 9.17. The van der Waals surface area contributed by atoms with E-state index < -0.39 is 0 Å². The Hall–Kier alpha value is -6.12. The van der Waals surface area contributed by atoms with E-state index in [1.807, 2.05) is 12.4 Å². The maximum absolute atomic E-state index is 5.47. The highest BCUT2D eigenvalue weighted by Gasteiger charge is 2.18. The molecule has 0 radical (unpaired) electrons. The highest BCUT2D eigenvalue weighted by Crippen LogP contribution is 2.42. The van der Waals surface area contributed by atoms with E-state index in [1.54, 1.807) is 0 Å². The first-order valence-electron chi connectivity index (χ1n) is 15.7. The molecule has 46 heavy (non-hydrogen) atoms. The highest BCUT2D eigenvalue weighted by molar-refractivity contribution is 6.18. The Labute approximate surface area is 267 Å². The molecule has 0 aliphatic carbocycles. The van der Waals surface area contributed by atoms with Crippen LogP contribution in [0.25, 0.3) is 87.9 Å². The van der Waals surface area contributed by atoms with E-state index in [-0.39, 0.29) is 0 Å². The summed E-state index contributed by atoms with van der Waals surface area (Å²) in [6, 6.07) is 56.7. The second kappa shape index (κ2) is 10.8. The largest absolute Gasteiger partial charge is 0.265 e. The van der Waals surface area contributed by atoms with E-state index in [0.717, 1.165) is 33.1 Å². The maximum atomic E-state index is 5.47. The lowest BCUT2D eigenvalue weighted by atomic mass is 9.89. The Morgan fingerprint density at radius 3 is 1.59 bits per heavy atom. The third kappa shape index (κ3) is 4.35. The Morgan fingerprint density at radius 1 is 0.326 bits per heavy atom. The van der Waals surface area contributed by atoms with Gasteiger partial charge in [0.25, 0.3) is 0 Å². The van der Waals surface area contributed by atoms with E-state index >= 15 is 0 Å². The van der Waals surface area contributed by atoms with Crippen LogP contribution < -0.4 is 0 Å². The number of fused-ring (bicyclic) bond motifs is 5. The molecule has 2 nitrogen and oxygen atoms in total. The van der Waals surface area contributed by atoms with Gasteiger partial charge in [-0.3, -0.25) is 4.98 Å². The summed E-state index contributed by atoms with van der Waals surface area (Å²) in [6.45, 7) is 0. The fourth-order valence-electron chi connectivity index (χ4n) is 6.95. The van der Waals surface area contributed by atoms with E-state index in [2.05, 4.69) is 163 Å². The molecule has 0 spiro atoms.